The minimum absolute atomic E-state index is 0.0414. The molecule has 1 aromatic heterocycles. The molecule has 0 aliphatic carbocycles. The molecule has 0 radical (unpaired) electrons. The monoisotopic (exact) mass is 323 g/mol. The van der Waals surface area contributed by atoms with Gasteiger partial charge in [0.2, 0.25) is 5.67 Å². The van der Waals surface area contributed by atoms with Crippen molar-refractivity contribution in [3.63, 3.8) is 0 Å². The normalized spacial score (nSPS) is 21.1. The Labute approximate surface area is 135 Å². The molecule has 2 rings (SSSR count). The Hall–Kier alpha value is -2.18. The van der Waals surface area contributed by atoms with Crippen molar-refractivity contribution in [2.24, 2.45) is 0 Å². The Morgan fingerprint density at radius 3 is 2.78 bits per heavy atom. The van der Waals surface area contributed by atoms with Gasteiger partial charge in [-0.3, -0.25) is 9.78 Å². The van der Waals surface area contributed by atoms with Gasteiger partial charge in [0.25, 0.3) is 5.91 Å². The van der Waals surface area contributed by atoms with Crippen LogP contribution in [-0.2, 0) is 16.1 Å². The van der Waals surface area contributed by atoms with Crippen LogP contribution in [0.5, 0.6) is 0 Å². The number of ether oxygens (including phenoxy) is 1. The highest BCUT2D eigenvalue weighted by atomic mass is 19.1. The number of alkyl halides is 1. The zero-order chi connectivity index (χ0) is 17.1. The number of carbonyl (C=O) groups is 2. The largest absolute Gasteiger partial charge is 0.444 e. The van der Waals surface area contributed by atoms with Crippen LogP contribution in [-0.4, -0.2) is 46.2 Å². The summed E-state index contributed by atoms with van der Waals surface area (Å²) in [6.07, 6.45) is 0.960. The minimum atomic E-state index is -2.09. The van der Waals surface area contributed by atoms with E-state index in [0.717, 1.165) is 0 Å². The van der Waals surface area contributed by atoms with Crippen LogP contribution >= 0.6 is 0 Å². The highest BCUT2D eigenvalue weighted by molar-refractivity contribution is 5.86. The second kappa shape index (κ2) is 6.52. The molecule has 1 fully saturated rings. The molecule has 1 aromatic rings. The molecule has 126 valence electrons. The lowest BCUT2D eigenvalue weighted by Crippen LogP contribution is -2.46. The third kappa shape index (κ3) is 4.64. The van der Waals surface area contributed by atoms with E-state index in [1.807, 2.05) is 0 Å². The van der Waals surface area contributed by atoms with Crippen molar-refractivity contribution in [2.75, 3.05) is 13.1 Å². The topological polar surface area (TPSA) is 71.5 Å². The van der Waals surface area contributed by atoms with E-state index in [1.54, 1.807) is 45.2 Å². The molecule has 1 saturated heterocycles. The van der Waals surface area contributed by atoms with Gasteiger partial charge < -0.3 is 15.0 Å². The first kappa shape index (κ1) is 17.2. The Morgan fingerprint density at radius 1 is 1.43 bits per heavy atom. The molecule has 0 bridgehead atoms. The van der Waals surface area contributed by atoms with Crippen molar-refractivity contribution >= 4 is 12.0 Å². The smallest absolute Gasteiger partial charge is 0.410 e. The average Bonchev–Trinajstić information content (AvgIpc) is 2.88. The molecule has 6 nitrogen and oxygen atoms in total. The molecule has 2 amide bonds. The van der Waals surface area contributed by atoms with Gasteiger partial charge in [0.15, 0.2) is 0 Å². The minimum Gasteiger partial charge on any atom is -0.444 e. The number of nitrogens with one attached hydrogen (secondary N) is 1. The molecule has 0 spiro atoms. The zero-order valence-corrected chi connectivity index (χ0v) is 13.6. The van der Waals surface area contributed by atoms with Crippen LogP contribution in [0.3, 0.4) is 0 Å². The summed E-state index contributed by atoms with van der Waals surface area (Å²) in [6.45, 7) is 5.23. The van der Waals surface area contributed by atoms with Crippen molar-refractivity contribution < 1.29 is 18.7 Å². The lowest BCUT2D eigenvalue weighted by molar-refractivity contribution is -0.132. The van der Waals surface area contributed by atoms with Crippen LogP contribution in [0.15, 0.2) is 24.4 Å². The summed E-state index contributed by atoms with van der Waals surface area (Å²) in [4.78, 5) is 29.3. The van der Waals surface area contributed by atoms with E-state index < -0.39 is 23.3 Å². The first-order valence-electron chi connectivity index (χ1n) is 7.55. The van der Waals surface area contributed by atoms with Gasteiger partial charge in [0.05, 0.1) is 18.8 Å². The molecule has 1 N–H and O–H groups in total. The van der Waals surface area contributed by atoms with E-state index in [9.17, 15) is 14.0 Å². The van der Waals surface area contributed by atoms with Gasteiger partial charge in [-0.15, -0.1) is 0 Å². The maximum absolute atomic E-state index is 14.8. The number of halogens is 1. The van der Waals surface area contributed by atoms with Gasteiger partial charge in [0, 0.05) is 19.2 Å². The highest BCUT2D eigenvalue weighted by Crippen LogP contribution is 2.27. The second-order valence-electron chi connectivity index (χ2n) is 6.62. The molecular formula is C16H22FN3O3. The predicted octanol–water partition coefficient (Wildman–Crippen LogP) is 2.05. The maximum Gasteiger partial charge on any atom is 0.410 e. The van der Waals surface area contributed by atoms with Crippen LogP contribution in [0.25, 0.3) is 0 Å². The van der Waals surface area contributed by atoms with E-state index in [4.69, 9.17) is 4.74 Å². The molecule has 1 aliphatic heterocycles. The molecule has 23 heavy (non-hydrogen) atoms. The number of rotatable bonds is 3. The fourth-order valence-electron chi connectivity index (χ4n) is 2.27. The summed E-state index contributed by atoms with van der Waals surface area (Å²) in [7, 11) is 0. The zero-order valence-electron chi connectivity index (χ0n) is 13.6. The molecule has 7 heteroatoms. The number of likely N-dealkylation sites (tertiary alicyclic amines) is 1. The van der Waals surface area contributed by atoms with Crippen LogP contribution in [0, 0.1) is 0 Å². The van der Waals surface area contributed by atoms with Crippen molar-refractivity contribution in [2.45, 2.75) is 45.0 Å². The summed E-state index contributed by atoms with van der Waals surface area (Å²) in [6, 6.07) is 5.30. The number of pyridine rings is 1. The fourth-order valence-corrected chi connectivity index (χ4v) is 2.27. The number of carbonyl (C=O) groups excluding carboxylic acids is 2. The van der Waals surface area contributed by atoms with Gasteiger partial charge >= 0.3 is 6.09 Å². The first-order chi connectivity index (χ1) is 10.7. The van der Waals surface area contributed by atoms with E-state index in [-0.39, 0.29) is 26.1 Å². The molecular weight excluding hydrogens is 301 g/mol. The quantitative estimate of drug-likeness (QED) is 0.924. The molecule has 0 saturated carbocycles. The van der Waals surface area contributed by atoms with Crippen LogP contribution in [0.2, 0.25) is 0 Å². The molecule has 1 aliphatic rings. The molecule has 1 atom stereocenters. The highest BCUT2D eigenvalue weighted by Gasteiger charge is 2.47. The predicted molar refractivity (Wildman–Crippen MR) is 82.3 cm³/mol. The fraction of sp³-hybridized carbons (Fsp3) is 0.562. The number of amides is 2. The Bertz CT molecular complexity index is 574. The molecule has 2 heterocycles. The SMILES string of the molecule is CC(C)(C)OC(=O)N1CCC(F)(C(=O)NCc2ccccn2)C1. The lowest BCUT2D eigenvalue weighted by atomic mass is 10.0. The molecule has 1 unspecified atom stereocenters. The summed E-state index contributed by atoms with van der Waals surface area (Å²) in [5, 5.41) is 2.53. The standard InChI is InChI=1S/C16H22FN3O3/c1-15(2,3)23-14(22)20-9-7-16(17,11-20)13(21)19-10-12-6-4-5-8-18-12/h4-6,8H,7,9-11H2,1-3H3,(H,19,21). The van der Waals surface area contributed by atoms with Gasteiger partial charge in [-0.05, 0) is 32.9 Å². The maximum atomic E-state index is 14.8. The van der Waals surface area contributed by atoms with E-state index in [0.29, 0.717) is 5.69 Å². The second-order valence-corrected chi connectivity index (χ2v) is 6.62. The third-order valence-electron chi connectivity index (χ3n) is 3.43. The first-order valence-corrected chi connectivity index (χ1v) is 7.55. The summed E-state index contributed by atoms with van der Waals surface area (Å²) >= 11 is 0. The third-order valence-corrected chi connectivity index (χ3v) is 3.43. The summed E-state index contributed by atoms with van der Waals surface area (Å²) in [5.41, 5.74) is -2.10. The number of aromatic nitrogens is 1. The van der Waals surface area contributed by atoms with Gasteiger partial charge in [-0.25, -0.2) is 9.18 Å². The summed E-state index contributed by atoms with van der Waals surface area (Å²) in [5.74, 6) is -0.728. The van der Waals surface area contributed by atoms with Crippen molar-refractivity contribution in [1.29, 1.82) is 0 Å². The lowest BCUT2D eigenvalue weighted by Gasteiger charge is -2.25. The van der Waals surface area contributed by atoms with Crippen molar-refractivity contribution in [3.8, 4) is 0 Å². The summed E-state index contributed by atoms with van der Waals surface area (Å²) < 4.78 is 20.0. The number of nitrogens with zero attached hydrogens (tertiary/aromatic N) is 2. The van der Waals surface area contributed by atoms with Crippen LogP contribution in [0.1, 0.15) is 32.9 Å². The van der Waals surface area contributed by atoms with Crippen molar-refractivity contribution in [3.05, 3.63) is 30.1 Å². The van der Waals surface area contributed by atoms with Crippen LogP contribution in [0.4, 0.5) is 9.18 Å². The molecule has 0 aromatic carbocycles. The van der Waals surface area contributed by atoms with E-state index in [2.05, 4.69) is 10.3 Å². The Morgan fingerprint density at radius 2 is 2.17 bits per heavy atom. The van der Waals surface area contributed by atoms with Gasteiger partial charge in [0.1, 0.15) is 5.60 Å². The Balaban J connectivity index is 1.90. The van der Waals surface area contributed by atoms with Crippen molar-refractivity contribution in [1.82, 2.24) is 15.2 Å². The Kier molecular flexibility index (Phi) is 4.87. The van der Waals surface area contributed by atoms with E-state index >= 15 is 0 Å². The number of hydrogen-bond acceptors (Lipinski definition) is 4. The van der Waals surface area contributed by atoms with Gasteiger partial charge in [-0.1, -0.05) is 6.07 Å². The van der Waals surface area contributed by atoms with Crippen LogP contribution < -0.4 is 5.32 Å². The van der Waals surface area contributed by atoms with E-state index in [1.165, 1.54) is 4.90 Å². The average molecular weight is 323 g/mol. The van der Waals surface area contributed by atoms with Gasteiger partial charge in [-0.2, -0.15) is 0 Å². The number of hydrogen-bond donors (Lipinski definition) is 1.